The summed E-state index contributed by atoms with van der Waals surface area (Å²) in [5.41, 5.74) is 7.08. The number of fused-ring (bicyclic) bond motifs is 2. The molecule has 3 unspecified atom stereocenters. The minimum Gasteiger partial charge on any atom is -0.493 e. The van der Waals surface area contributed by atoms with Crippen molar-refractivity contribution in [3.63, 3.8) is 0 Å². The third-order valence-corrected chi connectivity index (χ3v) is 4.04. The van der Waals surface area contributed by atoms with E-state index in [1.54, 1.807) is 0 Å². The van der Waals surface area contributed by atoms with Gasteiger partial charge in [0.2, 0.25) is 0 Å². The standard InChI is InChI=1S/C14H19NO2/c1-10-9-16-13-5-3-2-4-12(13)14(10)8-11(15)6-7-17-14/h2-5,10-11H,6-9,15H2,1H3. The van der Waals surface area contributed by atoms with Gasteiger partial charge in [-0.15, -0.1) is 0 Å². The second kappa shape index (κ2) is 4.00. The van der Waals surface area contributed by atoms with Crippen molar-refractivity contribution in [2.24, 2.45) is 11.7 Å². The van der Waals surface area contributed by atoms with Gasteiger partial charge in [-0.2, -0.15) is 0 Å². The normalized spacial score (nSPS) is 36.4. The van der Waals surface area contributed by atoms with Crippen LogP contribution in [0.1, 0.15) is 25.3 Å². The average molecular weight is 233 g/mol. The first-order chi connectivity index (χ1) is 8.22. The Hall–Kier alpha value is -1.06. The molecule has 2 aliphatic rings. The molecule has 0 aromatic heterocycles. The Morgan fingerprint density at radius 2 is 2.18 bits per heavy atom. The predicted molar refractivity (Wildman–Crippen MR) is 65.9 cm³/mol. The van der Waals surface area contributed by atoms with E-state index < -0.39 is 0 Å². The van der Waals surface area contributed by atoms with Crippen LogP contribution < -0.4 is 10.5 Å². The van der Waals surface area contributed by atoms with E-state index in [4.69, 9.17) is 15.2 Å². The van der Waals surface area contributed by atoms with Crippen LogP contribution in [-0.4, -0.2) is 19.3 Å². The monoisotopic (exact) mass is 233 g/mol. The highest BCUT2D eigenvalue weighted by atomic mass is 16.5. The zero-order valence-electron chi connectivity index (χ0n) is 10.2. The van der Waals surface area contributed by atoms with Gasteiger partial charge < -0.3 is 15.2 Å². The van der Waals surface area contributed by atoms with Gasteiger partial charge >= 0.3 is 0 Å². The zero-order chi connectivity index (χ0) is 11.9. The summed E-state index contributed by atoms with van der Waals surface area (Å²) >= 11 is 0. The molecule has 2 aliphatic heterocycles. The van der Waals surface area contributed by atoms with Gasteiger partial charge in [-0.05, 0) is 18.9 Å². The van der Waals surface area contributed by atoms with Gasteiger partial charge in [-0.1, -0.05) is 25.1 Å². The lowest BCUT2D eigenvalue weighted by Crippen LogP contribution is -2.50. The molecule has 1 saturated heterocycles. The molecule has 0 amide bonds. The lowest BCUT2D eigenvalue weighted by Gasteiger charge is -2.47. The molecule has 3 atom stereocenters. The molecule has 1 aromatic rings. The molecule has 0 aliphatic carbocycles. The summed E-state index contributed by atoms with van der Waals surface area (Å²) in [4.78, 5) is 0. The second-order valence-electron chi connectivity index (χ2n) is 5.20. The van der Waals surface area contributed by atoms with Crippen molar-refractivity contribution in [3.05, 3.63) is 29.8 Å². The van der Waals surface area contributed by atoms with E-state index >= 15 is 0 Å². The molecular formula is C14H19NO2. The summed E-state index contributed by atoms with van der Waals surface area (Å²) < 4.78 is 11.9. The lowest BCUT2D eigenvalue weighted by molar-refractivity contribution is -0.142. The SMILES string of the molecule is CC1COc2ccccc2C12CC(N)CCO2. The molecule has 0 saturated carbocycles. The van der Waals surface area contributed by atoms with Gasteiger partial charge in [-0.3, -0.25) is 0 Å². The Kier molecular flexibility index (Phi) is 2.60. The largest absolute Gasteiger partial charge is 0.493 e. The van der Waals surface area contributed by atoms with E-state index in [1.807, 2.05) is 18.2 Å². The van der Waals surface area contributed by atoms with Crippen LogP contribution in [0.4, 0.5) is 0 Å². The third-order valence-electron chi connectivity index (χ3n) is 4.04. The fourth-order valence-corrected chi connectivity index (χ4v) is 3.03. The van der Waals surface area contributed by atoms with Crippen LogP contribution in [0.25, 0.3) is 0 Å². The van der Waals surface area contributed by atoms with Crippen LogP contribution in [0.5, 0.6) is 5.75 Å². The average Bonchev–Trinajstić information content (AvgIpc) is 2.35. The summed E-state index contributed by atoms with van der Waals surface area (Å²) in [5, 5.41) is 0. The quantitative estimate of drug-likeness (QED) is 0.746. The molecule has 3 rings (SSSR count). The molecule has 1 aromatic carbocycles. The number of hydrogen-bond acceptors (Lipinski definition) is 3. The first-order valence-electron chi connectivity index (χ1n) is 6.34. The van der Waals surface area contributed by atoms with Crippen LogP contribution in [0.3, 0.4) is 0 Å². The van der Waals surface area contributed by atoms with Crippen LogP contribution in [0.2, 0.25) is 0 Å². The van der Waals surface area contributed by atoms with Gasteiger partial charge in [0.25, 0.3) is 0 Å². The molecule has 3 nitrogen and oxygen atoms in total. The maximum Gasteiger partial charge on any atom is 0.125 e. The molecule has 92 valence electrons. The molecule has 1 fully saturated rings. The van der Waals surface area contributed by atoms with Gasteiger partial charge in [0.15, 0.2) is 0 Å². The van der Waals surface area contributed by atoms with E-state index in [0.29, 0.717) is 12.5 Å². The molecule has 17 heavy (non-hydrogen) atoms. The fourth-order valence-electron chi connectivity index (χ4n) is 3.03. The Balaban J connectivity index is 2.07. The molecule has 3 heteroatoms. The lowest BCUT2D eigenvalue weighted by atomic mass is 9.74. The van der Waals surface area contributed by atoms with Crippen molar-refractivity contribution in [2.45, 2.75) is 31.4 Å². The van der Waals surface area contributed by atoms with Gasteiger partial charge in [0, 0.05) is 24.1 Å². The maximum absolute atomic E-state index is 6.16. The highest BCUT2D eigenvalue weighted by molar-refractivity contribution is 5.41. The van der Waals surface area contributed by atoms with Crippen molar-refractivity contribution in [2.75, 3.05) is 13.2 Å². The number of hydrogen-bond donors (Lipinski definition) is 1. The molecule has 1 spiro atoms. The third kappa shape index (κ3) is 1.65. The first-order valence-corrected chi connectivity index (χ1v) is 6.34. The Bertz CT molecular complexity index is 420. The minimum absolute atomic E-state index is 0.230. The molecular weight excluding hydrogens is 214 g/mol. The summed E-state index contributed by atoms with van der Waals surface area (Å²) in [6.07, 6.45) is 1.85. The number of benzene rings is 1. The van der Waals surface area contributed by atoms with E-state index in [1.165, 1.54) is 5.56 Å². The van der Waals surface area contributed by atoms with Crippen LogP contribution in [-0.2, 0) is 10.3 Å². The molecule has 0 radical (unpaired) electrons. The van der Waals surface area contributed by atoms with Crippen LogP contribution >= 0.6 is 0 Å². The Labute approximate surface area is 102 Å². The maximum atomic E-state index is 6.16. The summed E-state index contributed by atoms with van der Waals surface area (Å²) in [5.74, 6) is 1.31. The summed E-state index contributed by atoms with van der Waals surface area (Å²) in [6, 6.07) is 8.42. The van der Waals surface area contributed by atoms with E-state index in [2.05, 4.69) is 13.0 Å². The van der Waals surface area contributed by atoms with Gasteiger partial charge in [0.1, 0.15) is 11.4 Å². The highest BCUT2D eigenvalue weighted by Gasteiger charge is 2.47. The topological polar surface area (TPSA) is 44.5 Å². The Morgan fingerprint density at radius 3 is 3.00 bits per heavy atom. The van der Waals surface area contributed by atoms with Crippen molar-refractivity contribution >= 4 is 0 Å². The van der Waals surface area contributed by atoms with Gasteiger partial charge in [-0.25, -0.2) is 0 Å². The summed E-state index contributed by atoms with van der Waals surface area (Å²) in [7, 11) is 0. The molecule has 0 bridgehead atoms. The van der Waals surface area contributed by atoms with Crippen molar-refractivity contribution < 1.29 is 9.47 Å². The van der Waals surface area contributed by atoms with E-state index in [9.17, 15) is 0 Å². The number of rotatable bonds is 0. The molecule has 2 N–H and O–H groups in total. The predicted octanol–water partition coefficient (Wildman–Crippen LogP) is 2.05. The minimum atomic E-state index is -0.230. The van der Waals surface area contributed by atoms with Crippen LogP contribution in [0, 0.1) is 5.92 Å². The highest BCUT2D eigenvalue weighted by Crippen LogP contribution is 2.47. The Morgan fingerprint density at radius 1 is 1.35 bits per heavy atom. The smallest absolute Gasteiger partial charge is 0.125 e. The van der Waals surface area contributed by atoms with E-state index in [0.717, 1.165) is 25.2 Å². The van der Waals surface area contributed by atoms with Crippen molar-refractivity contribution in [1.29, 1.82) is 0 Å². The zero-order valence-corrected chi connectivity index (χ0v) is 10.2. The number of nitrogens with two attached hydrogens (primary N) is 1. The van der Waals surface area contributed by atoms with Crippen molar-refractivity contribution in [3.8, 4) is 5.75 Å². The van der Waals surface area contributed by atoms with Crippen LogP contribution in [0.15, 0.2) is 24.3 Å². The second-order valence-corrected chi connectivity index (χ2v) is 5.20. The first kappa shape index (κ1) is 11.1. The number of ether oxygens (including phenoxy) is 2. The summed E-state index contributed by atoms with van der Waals surface area (Å²) in [6.45, 7) is 3.65. The number of para-hydroxylation sites is 1. The van der Waals surface area contributed by atoms with Crippen molar-refractivity contribution in [1.82, 2.24) is 0 Å². The van der Waals surface area contributed by atoms with E-state index in [-0.39, 0.29) is 11.6 Å². The fraction of sp³-hybridized carbons (Fsp3) is 0.571. The molecule has 2 heterocycles. The van der Waals surface area contributed by atoms with Gasteiger partial charge in [0.05, 0.1) is 6.61 Å².